The maximum atomic E-state index is 13.6. The predicted octanol–water partition coefficient (Wildman–Crippen LogP) is 5.32. The smallest absolute Gasteiger partial charge is 0.139 e. The van der Waals surface area contributed by atoms with Gasteiger partial charge in [0.2, 0.25) is 0 Å². The molecule has 4 rings (SSSR count). The Morgan fingerprint density at radius 3 is 2.52 bits per heavy atom. The Kier molecular flexibility index (Phi) is 5.78. The van der Waals surface area contributed by atoms with Crippen LogP contribution >= 0.6 is 11.3 Å². The van der Waals surface area contributed by atoms with E-state index in [-0.39, 0.29) is 5.82 Å². The molecule has 29 heavy (non-hydrogen) atoms. The number of pyridine rings is 1. The molecule has 7 heteroatoms. The van der Waals surface area contributed by atoms with Crippen molar-refractivity contribution in [3.05, 3.63) is 60.4 Å². The molecule has 0 saturated heterocycles. The molecule has 0 atom stereocenters. The number of aromatic nitrogens is 3. The number of hydrogen-bond donors (Lipinski definition) is 1. The minimum absolute atomic E-state index is 0.263. The van der Waals surface area contributed by atoms with E-state index in [1.54, 1.807) is 35.9 Å². The molecule has 148 valence electrons. The summed E-state index contributed by atoms with van der Waals surface area (Å²) in [5.41, 5.74) is 2.96. The van der Waals surface area contributed by atoms with Crippen LogP contribution in [-0.2, 0) is 4.74 Å². The molecule has 0 unspecified atom stereocenters. The van der Waals surface area contributed by atoms with E-state index in [1.807, 2.05) is 26.0 Å². The number of nitrogens with one attached hydrogen (secondary N) is 1. The van der Waals surface area contributed by atoms with Crippen molar-refractivity contribution >= 4 is 27.4 Å². The van der Waals surface area contributed by atoms with Gasteiger partial charge in [-0.3, -0.25) is 4.98 Å². The summed E-state index contributed by atoms with van der Waals surface area (Å²) in [4.78, 5) is 15.4. The van der Waals surface area contributed by atoms with Crippen molar-refractivity contribution < 1.29 is 9.13 Å². The van der Waals surface area contributed by atoms with Gasteiger partial charge in [-0.25, -0.2) is 14.4 Å². The summed E-state index contributed by atoms with van der Waals surface area (Å²) < 4.78 is 19.0. The van der Waals surface area contributed by atoms with Crippen molar-refractivity contribution in [2.24, 2.45) is 0 Å². The Labute approximate surface area is 172 Å². The zero-order chi connectivity index (χ0) is 20.2. The number of hydrogen-bond acceptors (Lipinski definition) is 6. The van der Waals surface area contributed by atoms with E-state index in [0.717, 1.165) is 37.6 Å². The number of benzene rings is 1. The summed E-state index contributed by atoms with van der Waals surface area (Å²) in [6.07, 6.45) is 3.54. The molecule has 0 bridgehead atoms. The molecule has 1 N–H and O–H groups in total. The first-order chi connectivity index (χ1) is 14.2. The van der Waals surface area contributed by atoms with Gasteiger partial charge in [0.1, 0.15) is 22.3 Å². The van der Waals surface area contributed by atoms with E-state index in [4.69, 9.17) is 4.74 Å². The molecular formula is C22H21FN4OS. The third-order valence-corrected chi connectivity index (χ3v) is 5.61. The molecule has 0 radical (unpaired) electrons. The van der Waals surface area contributed by atoms with Crippen LogP contribution in [0.5, 0.6) is 0 Å². The molecule has 0 aliphatic heterocycles. The molecule has 0 saturated carbocycles. The fraction of sp³-hybridized carbons (Fsp3) is 0.227. The molecule has 1 aromatic carbocycles. The van der Waals surface area contributed by atoms with Crippen LogP contribution in [0.3, 0.4) is 0 Å². The molecule has 4 aromatic rings. The highest BCUT2D eigenvalue weighted by molar-refractivity contribution is 7.22. The van der Waals surface area contributed by atoms with Crippen LogP contribution in [0.4, 0.5) is 10.2 Å². The molecular weight excluding hydrogens is 387 g/mol. The maximum absolute atomic E-state index is 13.6. The van der Waals surface area contributed by atoms with Gasteiger partial charge in [-0.1, -0.05) is 12.1 Å². The summed E-state index contributed by atoms with van der Waals surface area (Å²) in [6, 6.07) is 10.5. The molecule has 0 aliphatic carbocycles. The predicted molar refractivity (Wildman–Crippen MR) is 116 cm³/mol. The van der Waals surface area contributed by atoms with Crippen molar-refractivity contribution in [3.8, 4) is 21.6 Å². The first-order valence-corrected chi connectivity index (χ1v) is 10.3. The van der Waals surface area contributed by atoms with Crippen LogP contribution in [0.15, 0.2) is 48.8 Å². The molecule has 0 amide bonds. The number of anilines is 1. The Morgan fingerprint density at radius 1 is 1.03 bits per heavy atom. The highest BCUT2D eigenvalue weighted by atomic mass is 32.1. The molecule has 0 spiro atoms. The van der Waals surface area contributed by atoms with Crippen molar-refractivity contribution in [2.75, 3.05) is 25.1 Å². The largest absolute Gasteiger partial charge is 0.380 e. The summed E-state index contributed by atoms with van der Waals surface area (Å²) in [6.45, 7) is 5.76. The summed E-state index contributed by atoms with van der Waals surface area (Å²) in [5, 5.41) is 4.33. The zero-order valence-electron chi connectivity index (χ0n) is 16.3. The number of thiophene rings is 1. The second-order valence-electron chi connectivity index (χ2n) is 6.47. The standard InChI is InChI=1S/C22H21FN4OS/c1-3-28-13-12-25-21-19-18(15-4-6-17(23)7-5-15)20(16-8-10-24-11-9-16)29-22(19)27-14(2)26-21/h4-11H,3,12-13H2,1-2H3,(H,25,26,27). The van der Waals surface area contributed by atoms with Gasteiger partial charge in [-0.05, 0) is 49.2 Å². The lowest BCUT2D eigenvalue weighted by molar-refractivity contribution is 0.158. The van der Waals surface area contributed by atoms with Gasteiger partial charge >= 0.3 is 0 Å². The quantitative estimate of drug-likeness (QED) is 0.420. The van der Waals surface area contributed by atoms with Crippen LogP contribution in [-0.4, -0.2) is 34.7 Å². The second kappa shape index (κ2) is 8.63. The molecule has 0 aliphatic rings. The van der Waals surface area contributed by atoms with Gasteiger partial charge in [0.05, 0.1) is 12.0 Å². The van der Waals surface area contributed by atoms with Crippen molar-refractivity contribution in [3.63, 3.8) is 0 Å². The fourth-order valence-corrected chi connectivity index (χ4v) is 4.47. The summed E-state index contributed by atoms with van der Waals surface area (Å²) >= 11 is 1.60. The lowest BCUT2D eigenvalue weighted by Crippen LogP contribution is -2.11. The van der Waals surface area contributed by atoms with Crippen LogP contribution in [0.25, 0.3) is 31.8 Å². The van der Waals surface area contributed by atoms with Gasteiger partial charge in [-0.2, -0.15) is 0 Å². The monoisotopic (exact) mass is 408 g/mol. The fourth-order valence-electron chi connectivity index (χ4n) is 3.22. The van der Waals surface area contributed by atoms with Gasteiger partial charge in [-0.15, -0.1) is 11.3 Å². The van der Waals surface area contributed by atoms with Crippen LogP contribution in [0, 0.1) is 12.7 Å². The minimum atomic E-state index is -0.263. The summed E-state index contributed by atoms with van der Waals surface area (Å²) in [7, 11) is 0. The van der Waals surface area contributed by atoms with Gasteiger partial charge in [0.15, 0.2) is 0 Å². The van der Waals surface area contributed by atoms with E-state index in [1.165, 1.54) is 12.1 Å². The van der Waals surface area contributed by atoms with Crippen molar-refractivity contribution in [2.45, 2.75) is 13.8 Å². The third-order valence-electron chi connectivity index (χ3n) is 4.48. The van der Waals surface area contributed by atoms with Crippen LogP contribution in [0.2, 0.25) is 0 Å². The van der Waals surface area contributed by atoms with Gasteiger partial charge in [0, 0.05) is 36.0 Å². The first kappa shape index (κ1) is 19.4. The highest BCUT2D eigenvalue weighted by Crippen LogP contribution is 2.46. The number of fused-ring (bicyclic) bond motifs is 1. The zero-order valence-corrected chi connectivity index (χ0v) is 17.1. The Bertz CT molecular complexity index is 1110. The normalized spacial score (nSPS) is 11.1. The highest BCUT2D eigenvalue weighted by Gasteiger charge is 2.21. The van der Waals surface area contributed by atoms with Gasteiger partial charge < -0.3 is 10.1 Å². The third kappa shape index (κ3) is 4.11. The second-order valence-corrected chi connectivity index (χ2v) is 7.47. The Balaban J connectivity index is 1.93. The molecule has 0 fully saturated rings. The molecule has 5 nitrogen and oxygen atoms in total. The number of nitrogens with zero attached hydrogens (tertiary/aromatic N) is 3. The van der Waals surface area contributed by atoms with E-state index in [2.05, 4.69) is 20.3 Å². The topological polar surface area (TPSA) is 59.9 Å². The SMILES string of the molecule is CCOCCNc1nc(C)nc2sc(-c3ccncc3)c(-c3ccc(F)cc3)c12. The number of halogens is 1. The van der Waals surface area contributed by atoms with E-state index < -0.39 is 0 Å². The van der Waals surface area contributed by atoms with E-state index >= 15 is 0 Å². The van der Waals surface area contributed by atoms with E-state index in [9.17, 15) is 4.39 Å². The van der Waals surface area contributed by atoms with Gasteiger partial charge in [0.25, 0.3) is 0 Å². The number of ether oxygens (including phenoxy) is 1. The maximum Gasteiger partial charge on any atom is 0.139 e. The Morgan fingerprint density at radius 2 is 1.79 bits per heavy atom. The Hall–Kier alpha value is -2.90. The summed E-state index contributed by atoms with van der Waals surface area (Å²) in [5.74, 6) is 1.20. The van der Waals surface area contributed by atoms with E-state index in [0.29, 0.717) is 25.6 Å². The first-order valence-electron chi connectivity index (χ1n) is 9.46. The average molecular weight is 409 g/mol. The van der Waals surface area contributed by atoms with Crippen LogP contribution in [0.1, 0.15) is 12.7 Å². The average Bonchev–Trinajstić information content (AvgIpc) is 3.11. The molecule has 3 heterocycles. The van der Waals surface area contributed by atoms with Crippen molar-refractivity contribution in [1.29, 1.82) is 0 Å². The minimum Gasteiger partial charge on any atom is -0.380 e. The van der Waals surface area contributed by atoms with Crippen LogP contribution < -0.4 is 5.32 Å². The number of aryl methyl sites for hydroxylation is 1. The number of rotatable bonds is 7. The lowest BCUT2D eigenvalue weighted by atomic mass is 10.00. The van der Waals surface area contributed by atoms with Crippen molar-refractivity contribution in [1.82, 2.24) is 15.0 Å². The lowest BCUT2D eigenvalue weighted by Gasteiger charge is -2.11. The molecule has 3 aromatic heterocycles.